The number of H-pyrrole nitrogens is 1. The molecule has 1 fully saturated rings. The number of benzene rings is 1. The molecule has 1 saturated heterocycles. The van der Waals surface area contributed by atoms with E-state index in [2.05, 4.69) is 15.5 Å². The Balaban J connectivity index is 1.47. The third kappa shape index (κ3) is 2.78. The smallest absolute Gasteiger partial charge is 0.233 e. The second kappa shape index (κ2) is 6.28. The van der Waals surface area contributed by atoms with Gasteiger partial charge in [-0.2, -0.15) is 5.10 Å². The maximum Gasteiger partial charge on any atom is 0.233 e. The van der Waals surface area contributed by atoms with E-state index in [1.165, 1.54) is 0 Å². The van der Waals surface area contributed by atoms with Gasteiger partial charge in [0.15, 0.2) is 5.82 Å². The van der Waals surface area contributed by atoms with Gasteiger partial charge in [-0.1, -0.05) is 12.1 Å². The van der Waals surface area contributed by atoms with Crippen molar-refractivity contribution in [3.8, 4) is 5.75 Å². The van der Waals surface area contributed by atoms with Gasteiger partial charge in [-0.3, -0.25) is 9.89 Å². The van der Waals surface area contributed by atoms with Crippen molar-refractivity contribution < 1.29 is 14.6 Å². The number of aromatic nitrogens is 2. The number of aromatic amines is 1. The van der Waals surface area contributed by atoms with E-state index in [1.54, 1.807) is 6.07 Å². The molecule has 1 aromatic heterocycles. The number of aryl methyl sites for hydroxylation is 1. The molecule has 1 aliphatic heterocycles. The Morgan fingerprint density at radius 2 is 2.12 bits per heavy atom. The monoisotopic (exact) mass is 327 g/mol. The quantitative estimate of drug-likeness (QED) is 0.809. The van der Waals surface area contributed by atoms with Gasteiger partial charge in [-0.15, -0.1) is 0 Å². The zero-order valence-electron chi connectivity index (χ0n) is 13.4. The molecule has 6 nitrogen and oxygen atoms in total. The lowest BCUT2D eigenvalue weighted by molar-refractivity contribution is -0.117. The van der Waals surface area contributed by atoms with Crippen LogP contribution in [0.15, 0.2) is 24.3 Å². The van der Waals surface area contributed by atoms with Gasteiger partial charge in [-0.25, -0.2) is 0 Å². The molecule has 2 aromatic rings. The third-order valence-electron chi connectivity index (χ3n) is 5.05. The second-order valence-corrected chi connectivity index (χ2v) is 6.53. The van der Waals surface area contributed by atoms with Gasteiger partial charge in [-0.05, 0) is 37.3 Å². The molecule has 0 bridgehead atoms. The van der Waals surface area contributed by atoms with E-state index in [9.17, 15) is 9.90 Å². The fraction of sp³-hybridized carbons (Fsp3) is 0.444. The number of phenols is 1. The first-order chi connectivity index (χ1) is 11.7. The lowest BCUT2D eigenvalue weighted by Crippen LogP contribution is -2.19. The molecule has 2 heterocycles. The Labute approximate surface area is 140 Å². The van der Waals surface area contributed by atoms with Gasteiger partial charge in [0, 0.05) is 36.5 Å². The highest BCUT2D eigenvalue weighted by molar-refractivity contribution is 5.96. The van der Waals surface area contributed by atoms with Crippen LogP contribution in [-0.2, 0) is 16.0 Å². The van der Waals surface area contributed by atoms with Crippen molar-refractivity contribution in [1.29, 1.82) is 0 Å². The zero-order chi connectivity index (χ0) is 16.5. The average Bonchev–Trinajstić information content (AvgIpc) is 3.23. The van der Waals surface area contributed by atoms with Crippen LogP contribution in [0.25, 0.3) is 0 Å². The molecule has 6 heteroatoms. The summed E-state index contributed by atoms with van der Waals surface area (Å²) in [6.45, 7) is 1.53. The fourth-order valence-corrected chi connectivity index (χ4v) is 3.76. The molecule has 0 saturated carbocycles. The van der Waals surface area contributed by atoms with Crippen LogP contribution >= 0.6 is 0 Å². The Bertz CT molecular complexity index is 750. The summed E-state index contributed by atoms with van der Waals surface area (Å²) in [6, 6.07) is 7.35. The van der Waals surface area contributed by atoms with Crippen LogP contribution in [0.3, 0.4) is 0 Å². The number of carbonyl (C=O) groups excluding carboxylic acids is 1. The van der Waals surface area contributed by atoms with Crippen molar-refractivity contribution in [1.82, 2.24) is 10.2 Å². The minimum Gasteiger partial charge on any atom is -0.508 e. The summed E-state index contributed by atoms with van der Waals surface area (Å²) >= 11 is 0. The number of aromatic hydroxyl groups is 1. The molecule has 24 heavy (non-hydrogen) atoms. The number of nitrogens with one attached hydrogen (secondary N) is 2. The third-order valence-corrected chi connectivity index (χ3v) is 5.05. The standard InChI is InChI=1S/C18H21N3O3/c22-15-3-1-2-12-4-5-13(17(12)15)18(23)19-16-10-14(20-21-16)11-6-8-24-9-7-11/h1-3,10-11,13,22H,4-9H2,(H2,19,20,21,23). The first-order valence-electron chi connectivity index (χ1n) is 8.47. The van der Waals surface area contributed by atoms with E-state index in [0.717, 1.165) is 55.7 Å². The molecule has 1 amide bonds. The van der Waals surface area contributed by atoms with Crippen molar-refractivity contribution >= 4 is 11.7 Å². The van der Waals surface area contributed by atoms with Gasteiger partial charge in [0.2, 0.25) is 5.91 Å². The predicted octanol–water partition coefficient (Wildman–Crippen LogP) is 2.68. The van der Waals surface area contributed by atoms with E-state index < -0.39 is 0 Å². The predicted molar refractivity (Wildman–Crippen MR) is 89.2 cm³/mol. The molecule has 1 unspecified atom stereocenters. The van der Waals surface area contributed by atoms with Gasteiger partial charge in [0.05, 0.1) is 5.92 Å². The first-order valence-corrected chi connectivity index (χ1v) is 8.47. The van der Waals surface area contributed by atoms with Crippen LogP contribution in [-0.4, -0.2) is 34.4 Å². The highest BCUT2D eigenvalue weighted by atomic mass is 16.5. The molecule has 3 N–H and O–H groups in total. The molecule has 0 spiro atoms. The normalized spacial score (nSPS) is 20.8. The van der Waals surface area contributed by atoms with Gasteiger partial charge in [0.25, 0.3) is 0 Å². The molecule has 126 valence electrons. The summed E-state index contributed by atoms with van der Waals surface area (Å²) in [6.07, 6.45) is 3.48. The Kier molecular flexibility index (Phi) is 3.98. The maximum atomic E-state index is 12.6. The summed E-state index contributed by atoms with van der Waals surface area (Å²) < 4.78 is 5.38. The summed E-state index contributed by atoms with van der Waals surface area (Å²) in [4.78, 5) is 12.6. The molecule has 4 rings (SSSR count). The van der Waals surface area contributed by atoms with Crippen molar-refractivity contribution in [3.05, 3.63) is 41.1 Å². The lowest BCUT2D eigenvalue weighted by atomic mass is 9.97. The molecule has 0 radical (unpaired) electrons. The number of rotatable bonds is 3. The number of nitrogens with zero attached hydrogens (tertiary/aromatic N) is 1. The maximum absolute atomic E-state index is 12.6. The Morgan fingerprint density at radius 3 is 2.96 bits per heavy atom. The number of amides is 1. The van der Waals surface area contributed by atoms with Crippen molar-refractivity contribution in [2.75, 3.05) is 18.5 Å². The van der Waals surface area contributed by atoms with E-state index >= 15 is 0 Å². The van der Waals surface area contributed by atoms with Crippen LogP contribution < -0.4 is 5.32 Å². The number of anilines is 1. The van der Waals surface area contributed by atoms with Crippen LogP contribution in [0.4, 0.5) is 5.82 Å². The van der Waals surface area contributed by atoms with E-state index in [0.29, 0.717) is 11.7 Å². The molecular weight excluding hydrogens is 306 g/mol. The number of hydrogen-bond donors (Lipinski definition) is 3. The second-order valence-electron chi connectivity index (χ2n) is 6.53. The molecular formula is C18H21N3O3. The average molecular weight is 327 g/mol. The molecule has 2 aliphatic rings. The van der Waals surface area contributed by atoms with Crippen LogP contribution in [0.5, 0.6) is 5.75 Å². The largest absolute Gasteiger partial charge is 0.508 e. The highest BCUT2D eigenvalue weighted by Gasteiger charge is 2.31. The van der Waals surface area contributed by atoms with Crippen molar-refractivity contribution in [2.45, 2.75) is 37.5 Å². The van der Waals surface area contributed by atoms with E-state index in [1.807, 2.05) is 18.2 Å². The highest BCUT2D eigenvalue weighted by Crippen LogP contribution is 2.39. The SMILES string of the molecule is O=C(Nc1cc(C2CCOCC2)[nH]n1)C1CCc2cccc(O)c21. The van der Waals surface area contributed by atoms with E-state index in [-0.39, 0.29) is 17.6 Å². The minimum absolute atomic E-state index is 0.111. The van der Waals surface area contributed by atoms with Crippen LogP contribution in [0, 0.1) is 0 Å². The topological polar surface area (TPSA) is 87.2 Å². The fourth-order valence-electron chi connectivity index (χ4n) is 3.76. The molecule has 1 aliphatic carbocycles. The Hall–Kier alpha value is -2.34. The zero-order valence-corrected chi connectivity index (χ0v) is 13.4. The van der Waals surface area contributed by atoms with Gasteiger partial charge < -0.3 is 15.2 Å². The summed E-state index contributed by atoms with van der Waals surface area (Å²) in [5, 5.41) is 20.2. The van der Waals surface area contributed by atoms with Crippen molar-refractivity contribution in [3.63, 3.8) is 0 Å². The number of hydrogen-bond acceptors (Lipinski definition) is 4. The number of carbonyl (C=O) groups is 1. The molecule has 1 aromatic carbocycles. The summed E-state index contributed by atoms with van der Waals surface area (Å²) in [5.74, 6) is 0.735. The molecule has 1 atom stereocenters. The van der Waals surface area contributed by atoms with E-state index in [4.69, 9.17) is 4.74 Å². The Morgan fingerprint density at radius 1 is 1.29 bits per heavy atom. The minimum atomic E-state index is -0.315. The van der Waals surface area contributed by atoms with Gasteiger partial charge >= 0.3 is 0 Å². The van der Waals surface area contributed by atoms with Crippen LogP contribution in [0.2, 0.25) is 0 Å². The summed E-state index contributed by atoms with van der Waals surface area (Å²) in [7, 11) is 0. The number of fused-ring (bicyclic) bond motifs is 1. The van der Waals surface area contributed by atoms with Crippen molar-refractivity contribution in [2.24, 2.45) is 0 Å². The number of ether oxygens (including phenoxy) is 1. The number of phenolic OH excluding ortho intramolecular Hbond substituents is 1. The van der Waals surface area contributed by atoms with Gasteiger partial charge in [0.1, 0.15) is 5.75 Å². The summed E-state index contributed by atoms with van der Waals surface area (Å²) in [5.41, 5.74) is 2.86. The van der Waals surface area contributed by atoms with Crippen LogP contribution in [0.1, 0.15) is 47.9 Å². The lowest BCUT2D eigenvalue weighted by Gasteiger charge is -2.20. The first kappa shape index (κ1) is 15.2.